The monoisotopic (exact) mass is 509 g/mol. The number of amides is 1. The standard InChI is InChI=1S/C23H32BrN3O3S/c1-16(2)26-11-5-6-17(3)22(15-26)31(29,30)27-12-9-19(10-13-27)23(28)25-20-7-8-21(24)18(4)14-20/h5,7-8,11,14-17,19H,6,9-10,12-13H2,1-4H3,(H,25,28). The number of nitrogens with zero attached hydrogens (tertiary/aromatic N) is 2. The lowest BCUT2D eigenvalue weighted by Crippen LogP contribution is -2.42. The van der Waals surface area contributed by atoms with Crippen LogP contribution in [0.5, 0.6) is 0 Å². The molecule has 2 aliphatic rings. The maximum atomic E-state index is 13.4. The predicted molar refractivity (Wildman–Crippen MR) is 129 cm³/mol. The number of piperidine rings is 1. The number of allylic oxidation sites excluding steroid dienone is 2. The number of aryl methyl sites for hydroxylation is 1. The van der Waals surface area contributed by atoms with Crippen LogP contribution in [-0.2, 0) is 14.8 Å². The first-order chi connectivity index (χ1) is 14.6. The fourth-order valence-corrected chi connectivity index (χ4v) is 6.03. The van der Waals surface area contributed by atoms with Crippen molar-refractivity contribution in [2.45, 2.75) is 53.0 Å². The van der Waals surface area contributed by atoms with Gasteiger partial charge in [0.25, 0.3) is 0 Å². The van der Waals surface area contributed by atoms with Crippen molar-refractivity contribution in [3.63, 3.8) is 0 Å². The van der Waals surface area contributed by atoms with Crippen LogP contribution in [0.1, 0.15) is 45.6 Å². The van der Waals surface area contributed by atoms with Gasteiger partial charge in [-0.15, -0.1) is 0 Å². The first kappa shape index (κ1) is 24.0. The predicted octanol–water partition coefficient (Wildman–Crippen LogP) is 4.84. The summed E-state index contributed by atoms with van der Waals surface area (Å²) < 4.78 is 29.4. The van der Waals surface area contributed by atoms with Gasteiger partial charge >= 0.3 is 0 Å². The van der Waals surface area contributed by atoms with E-state index < -0.39 is 10.0 Å². The highest BCUT2D eigenvalue weighted by Crippen LogP contribution is 2.31. The third-order valence-corrected chi connectivity index (χ3v) is 9.05. The fourth-order valence-electron chi connectivity index (χ4n) is 3.94. The van der Waals surface area contributed by atoms with Crippen LogP contribution in [0, 0.1) is 18.8 Å². The van der Waals surface area contributed by atoms with Gasteiger partial charge in [-0.05, 0) is 75.9 Å². The number of anilines is 1. The SMILES string of the molecule is Cc1cc(NC(=O)C2CCN(S(=O)(=O)C3=CN(C(C)C)C=CCC3C)CC2)ccc1Br. The summed E-state index contributed by atoms with van der Waals surface area (Å²) in [7, 11) is -3.57. The van der Waals surface area contributed by atoms with Crippen LogP contribution in [0.15, 0.2) is 46.1 Å². The van der Waals surface area contributed by atoms with E-state index in [0.29, 0.717) is 37.3 Å². The Morgan fingerprint density at radius 2 is 1.90 bits per heavy atom. The number of halogens is 1. The quantitative estimate of drug-likeness (QED) is 0.616. The molecular formula is C23H32BrN3O3S. The molecule has 1 aromatic rings. The van der Waals surface area contributed by atoms with Gasteiger partial charge in [-0.1, -0.05) is 28.9 Å². The summed E-state index contributed by atoms with van der Waals surface area (Å²) in [6.07, 6.45) is 7.51. The summed E-state index contributed by atoms with van der Waals surface area (Å²) in [6.45, 7) is 8.73. The van der Waals surface area contributed by atoms with Crippen LogP contribution in [0.2, 0.25) is 0 Å². The van der Waals surface area contributed by atoms with Gasteiger partial charge in [-0.25, -0.2) is 8.42 Å². The van der Waals surface area contributed by atoms with Gasteiger partial charge in [0.15, 0.2) is 0 Å². The Kier molecular flexibility index (Phi) is 7.65. The molecule has 6 nitrogen and oxygen atoms in total. The molecule has 1 N–H and O–H groups in total. The Bertz CT molecular complexity index is 980. The number of benzene rings is 1. The molecule has 0 spiro atoms. The van der Waals surface area contributed by atoms with E-state index in [1.807, 2.05) is 63.1 Å². The molecule has 31 heavy (non-hydrogen) atoms. The van der Waals surface area contributed by atoms with E-state index in [4.69, 9.17) is 0 Å². The summed E-state index contributed by atoms with van der Waals surface area (Å²) >= 11 is 3.46. The lowest BCUT2D eigenvalue weighted by atomic mass is 9.97. The molecule has 0 radical (unpaired) electrons. The highest BCUT2D eigenvalue weighted by atomic mass is 79.9. The second-order valence-electron chi connectivity index (χ2n) is 8.73. The molecule has 0 aromatic heterocycles. The van der Waals surface area contributed by atoms with E-state index in [1.54, 1.807) is 10.5 Å². The van der Waals surface area contributed by atoms with Crippen molar-refractivity contribution < 1.29 is 13.2 Å². The molecule has 170 valence electrons. The molecule has 1 aromatic carbocycles. The highest BCUT2D eigenvalue weighted by molar-refractivity contribution is 9.10. The van der Waals surface area contributed by atoms with Crippen LogP contribution in [0.3, 0.4) is 0 Å². The first-order valence-corrected chi connectivity index (χ1v) is 13.1. The van der Waals surface area contributed by atoms with Crippen LogP contribution in [0.25, 0.3) is 0 Å². The molecular weight excluding hydrogens is 478 g/mol. The van der Waals surface area contributed by atoms with Crippen molar-refractivity contribution in [3.05, 3.63) is 51.6 Å². The number of hydrogen-bond donors (Lipinski definition) is 1. The van der Waals surface area contributed by atoms with E-state index in [0.717, 1.165) is 15.7 Å². The number of nitrogens with one attached hydrogen (secondary N) is 1. The van der Waals surface area contributed by atoms with Crippen molar-refractivity contribution in [2.24, 2.45) is 11.8 Å². The summed E-state index contributed by atoms with van der Waals surface area (Å²) in [5.41, 5.74) is 1.81. The fraction of sp³-hybridized carbons (Fsp3) is 0.522. The topological polar surface area (TPSA) is 69.7 Å². The Labute approximate surface area is 194 Å². The van der Waals surface area contributed by atoms with Gasteiger partial charge in [0.2, 0.25) is 15.9 Å². The average molecular weight is 510 g/mol. The smallest absolute Gasteiger partial charge is 0.240 e. The molecule has 1 amide bonds. The Hall–Kier alpha value is -1.64. The molecule has 1 atom stereocenters. The number of hydrogen-bond acceptors (Lipinski definition) is 4. The van der Waals surface area contributed by atoms with Gasteiger partial charge in [0.05, 0.1) is 4.91 Å². The zero-order chi connectivity index (χ0) is 22.8. The van der Waals surface area contributed by atoms with E-state index in [9.17, 15) is 13.2 Å². The van der Waals surface area contributed by atoms with Gasteiger partial charge in [0, 0.05) is 41.4 Å². The minimum absolute atomic E-state index is 0.0454. The third-order valence-electron chi connectivity index (χ3n) is 6.01. The highest BCUT2D eigenvalue weighted by Gasteiger charge is 2.35. The number of rotatable bonds is 5. The van der Waals surface area contributed by atoms with Crippen LogP contribution < -0.4 is 5.32 Å². The lowest BCUT2D eigenvalue weighted by molar-refractivity contribution is -0.120. The molecule has 2 heterocycles. The molecule has 1 fully saturated rings. The maximum absolute atomic E-state index is 13.4. The molecule has 1 unspecified atom stereocenters. The number of sulfonamides is 1. The Morgan fingerprint density at radius 1 is 1.23 bits per heavy atom. The van der Waals surface area contributed by atoms with Crippen molar-refractivity contribution in [1.82, 2.24) is 9.21 Å². The summed E-state index contributed by atoms with van der Waals surface area (Å²) in [4.78, 5) is 15.1. The van der Waals surface area contributed by atoms with Crippen molar-refractivity contribution in [1.29, 1.82) is 0 Å². The van der Waals surface area contributed by atoms with Crippen molar-refractivity contribution in [2.75, 3.05) is 18.4 Å². The number of carbonyl (C=O) groups is 1. The molecule has 1 saturated heterocycles. The van der Waals surface area contributed by atoms with Gasteiger partial charge in [-0.3, -0.25) is 4.79 Å². The first-order valence-electron chi connectivity index (χ1n) is 10.8. The zero-order valence-electron chi connectivity index (χ0n) is 18.6. The van der Waals surface area contributed by atoms with Gasteiger partial charge in [0.1, 0.15) is 0 Å². The van der Waals surface area contributed by atoms with Gasteiger partial charge in [-0.2, -0.15) is 4.31 Å². The summed E-state index contributed by atoms with van der Waals surface area (Å²) in [5, 5.41) is 2.98. The largest absolute Gasteiger partial charge is 0.351 e. The van der Waals surface area contributed by atoms with E-state index >= 15 is 0 Å². The van der Waals surface area contributed by atoms with E-state index in [1.165, 1.54) is 0 Å². The molecule has 8 heteroatoms. The molecule has 0 saturated carbocycles. The maximum Gasteiger partial charge on any atom is 0.240 e. The molecule has 3 rings (SSSR count). The van der Waals surface area contributed by atoms with Crippen LogP contribution >= 0.6 is 15.9 Å². The second kappa shape index (κ2) is 9.88. The minimum Gasteiger partial charge on any atom is -0.351 e. The molecule has 0 aliphatic carbocycles. The molecule has 0 bridgehead atoms. The van der Waals surface area contributed by atoms with Crippen LogP contribution in [-0.4, -0.2) is 42.7 Å². The van der Waals surface area contributed by atoms with Crippen molar-refractivity contribution in [3.8, 4) is 0 Å². The normalized spacial score (nSPS) is 21.2. The van der Waals surface area contributed by atoms with E-state index in [2.05, 4.69) is 21.2 Å². The Morgan fingerprint density at radius 3 is 2.52 bits per heavy atom. The minimum atomic E-state index is -3.57. The molecule has 2 aliphatic heterocycles. The van der Waals surface area contributed by atoms with Crippen molar-refractivity contribution >= 4 is 37.5 Å². The lowest BCUT2D eigenvalue weighted by Gasteiger charge is -2.32. The third kappa shape index (κ3) is 5.59. The average Bonchev–Trinajstić information content (AvgIpc) is 2.93. The Balaban J connectivity index is 1.66. The number of carbonyl (C=O) groups excluding carboxylic acids is 1. The van der Waals surface area contributed by atoms with Crippen LogP contribution in [0.4, 0.5) is 5.69 Å². The van der Waals surface area contributed by atoms with Gasteiger partial charge < -0.3 is 10.2 Å². The van der Waals surface area contributed by atoms with E-state index in [-0.39, 0.29) is 23.8 Å². The summed E-state index contributed by atoms with van der Waals surface area (Å²) in [6, 6.07) is 5.89. The summed E-state index contributed by atoms with van der Waals surface area (Å²) in [5.74, 6) is -0.313. The second-order valence-corrected chi connectivity index (χ2v) is 11.5. The zero-order valence-corrected chi connectivity index (χ0v) is 21.0.